The zero-order valence-electron chi connectivity index (χ0n) is 17.5. The highest BCUT2D eigenvalue weighted by atomic mass is 32.2. The summed E-state index contributed by atoms with van der Waals surface area (Å²) in [5.41, 5.74) is 0.479. The zero-order chi connectivity index (χ0) is 22.9. The Kier molecular flexibility index (Phi) is 6.40. The number of likely N-dealkylation sites (tertiary alicyclic amines) is 1. The molecule has 4 rings (SSSR count). The average Bonchev–Trinajstić information content (AvgIpc) is 3.52. The Balaban J connectivity index is 1.53. The minimum Gasteiger partial charge on any atom is -0.340 e. The first kappa shape index (κ1) is 22.6. The number of pyridine rings is 1. The second kappa shape index (κ2) is 9.08. The highest BCUT2D eigenvalue weighted by Gasteiger charge is 2.54. The molecule has 2 saturated heterocycles. The quantitative estimate of drug-likeness (QED) is 0.644. The van der Waals surface area contributed by atoms with Crippen molar-refractivity contribution in [2.45, 2.75) is 49.3 Å². The second-order valence-corrected chi connectivity index (χ2v) is 10.5. The van der Waals surface area contributed by atoms with Crippen molar-refractivity contribution < 1.29 is 22.8 Å². The van der Waals surface area contributed by atoms with E-state index in [4.69, 9.17) is 0 Å². The first-order chi connectivity index (χ1) is 15.3. The number of fused-ring (bicyclic) bond motifs is 1. The molecule has 2 amide bonds. The molecule has 4 heterocycles. The Hall–Kier alpha value is -2.63. The van der Waals surface area contributed by atoms with Crippen LogP contribution in [0.2, 0.25) is 0 Å². The third-order valence-electron chi connectivity index (χ3n) is 5.84. The van der Waals surface area contributed by atoms with Gasteiger partial charge in [-0.05, 0) is 36.4 Å². The summed E-state index contributed by atoms with van der Waals surface area (Å²) in [4.78, 5) is 44.1. The minimum atomic E-state index is -3.96. The molecule has 2 aromatic heterocycles. The van der Waals surface area contributed by atoms with Crippen molar-refractivity contribution in [2.75, 3.05) is 13.1 Å². The largest absolute Gasteiger partial charge is 0.340 e. The minimum absolute atomic E-state index is 0.120. The van der Waals surface area contributed by atoms with E-state index < -0.39 is 28.1 Å². The molecule has 3 unspecified atom stereocenters. The summed E-state index contributed by atoms with van der Waals surface area (Å²) in [7, 11) is -3.96. The van der Waals surface area contributed by atoms with Crippen LogP contribution in [0.1, 0.15) is 36.5 Å². The molecule has 3 atom stereocenters. The van der Waals surface area contributed by atoms with E-state index in [-0.39, 0.29) is 35.7 Å². The fraction of sp³-hybridized carbons (Fsp3) is 0.429. The number of nitrogens with zero attached hydrogens (tertiary/aromatic N) is 3. The van der Waals surface area contributed by atoms with Gasteiger partial charge in [-0.3, -0.25) is 14.4 Å². The van der Waals surface area contributed by atoms with Gasteiger partial charge in [0.15, 0.2) is 10.8 Å². The molecule has 11 heteroatoms. The van der Waals surface area contributed by atoms with Gasteiger partial charge >= 0.3 is 0 Å². The number of aromatic nitrogens is 1. The lowest BCUT2D eigenvalue weighted by molar-refractivity contribution is -0.138. The molecule has 1 N–H and O–H groups in total. The standard InChI is InChI=1S/C21H24N4O5S2/c1-2-5-15(23-20(27)14-8-11-31-13-14)21(28)24-10-7-16-19(24)17(26)12-25(16)32(29,30)18-6-3-4-9-22-18/h3-4,6,8-9,11,13,15-16,19H,2,5,7,10,12H2,1H3,(H,23,27). The van der Waals surface area contributed by atoms with Gasteiger partial charge in [0.25, 0.3) is 15.9 Å². The lowest BCUT2D eigenvalue weighted by Crippen LogP contribution is -2.52. The van der Waals surface area contributed by atoms with Crippen LogP contribution in [0.3, 0.4) is 0 Å². The topological polar surface area (TPSA) is 117 Å². The van der Waals surface area contributed by atoms with Crippen LogP contribution >= 0.6 is 11.3 Å². The van der Waals surface area contributed by atoms with E-state index in [2.05, 4.69) is 10.3 Å². The maximum Gasteiger partial charge on any atom is 0.261 e. The highest BCUT2D eigenvalue weighted by Crippen LogP contribution is 2.34. The van der Waals surface area contributed by atoms with Gasteiger partial charge in [-0.15, -0.1) is 0 Å². The van der Waals surface area contributed by atoms with Crippen molar-refractivity contribution in [1.82, 2.24) is 19.5 Å². The van der Waals surface area contributed by atoms with Gasteiger partial charge in [0.1, 0.15) is 12.1 Å². The molecule has 0 aromatic carbocycles. The van der Waals surface area contributed by atoms with Crippen molar-refractivity contribution in [2.24, 2.45) is 0 Å². The summed E-state index contributed by atoms with van der Waals surface area (Å²) >= 11 is 1.39. The van der Waals surface area contributed by atoms with E-state index in [0.717, 1.165) is 4.31 Å². The first-order valence-corrected chi connectivity index (χ1v) is 12.8. The SMILES string of the molecule is CCCC(NC(=O)c1ccsc1)C(=O)N1CCC2C1C(=O)CN2S(=O)(=O)c1ccccn1. The Labute approximate surface area is 190 Å². The smallest absolute Gasteiger partial charge is 0.261 e. The highest BCUT2D eigenvalue weighted by molar-refractivity contribution is 7.89. The predicted molar refractivity (Wildman–Crippen MR) is 118 cm³/mol. The molecule has 32 heavy (non-hydrogen) atoms. The predicted octanol–water partition coefficient (Wildman–Crippen LogP) is 1.28. The van der Waals surface area contributed by atoms with Gasteiger partial charge in [0, 0.05) is 18.1 Å². The van der Waals surface area contributed by atoms with Gasteiger partial charge in [-0.25, -0.2) is 13.4 Å². The fourth-order valence-corrected chi connectivity index (χ4v) is 6.54. The number of hydrogen-bond donors (Lipinski definition) is 1. The number of amides is 2. The summed E-state index contributed by atoms with van der Waals surface area (Å²) < 4.78 is 27.3. The van der Waals surface area contributed by atoms with Crippen LogP contribution in [0.4, 0.5) is 0 Å². The van der Waals surface area contributed by atoms with Crippen molar-refractivity contribution in [3.63, 3.8) is 0 Å². The number of Topliss-reactive ketones (excluding diaryl/α,β-unsaturated/α-hetero) is 1. The van der Waals surface area contributed by atoms with Crippen LogP contribution in [-0.2, 0) is 19.6 Å². The van der Waals surface area contributed by atoms with E-state index in [1.807, 2.05) is 6.92 Å². The van der Waals surface area contributed by atoms with Crippen LogP contribution in [0, 0.1) is 0 Å². The Morgan fingerprint density at radius 1 is 1.31 bits per heavy atom. The third kappa shape index (κ3) is 4.07. The number of hydrogen-bond acceptors (Lipinski definition) is 7. The molecular formula is C21H24N4O5S2. The third-order valence-corrected chi connectivity index (χ3v) is 8.31. The average molecular weight is 477 g/mol. The number of carbonyl (C=O) groups is 3. The summed E-state index contributed by atoms with van der Waals surface area (Å²) in [5.74, 6) is -1.01. The number of sulfonamides is 1. The van der Waals surface area contributed by atoms with Crippen LogP contribution in [-0.4, -0.2) is 71.4 Å². The van der Waals surface area contributed by atoms with Crippen LogP contribution in [0.15, 0.2) is 46.2 Å². The van der Waals surface area contributed by atoms with E-state index in [9.17, 15) is 22.8 Å². The molecule has 0 spiro atoms. The zero-order valence-corrected chi connectivity index (χ0v) is 19.1. The summed E-state index contributed by atoms with van der Waals surface area (Å²) in [5, 5.41) is 6.15. The van der Waals surface area contributed by atoms with Crippen molar-refractivity contribution in [3.8, 4) is 0 Å². The Bertz CT molecular complexity index is 1100. The van der Waals surface area contributed by atoms with Crippen molar-refractivity contribution >= 4 is 39.0 Å². The number of ketones is 1. The van der Waals surface area contributed by atoms with Gasteiger partial charge in [0.2, 0.25) is 5.91 Å². The normalized spacial score (nSPS) is 22.0. The Morgan fingerprint density at radius 2 is 2.12 bits per heavy atom. The summed E-state index contributed by atoms with van der Waals surface area (Å²) in [6.07, 6.45) is 2.83. The van der Waals surface area contributed by atoms with Gasteiger partial charge in [-0.1, -0.05) is 19.4 Å². The van der Waals surface area contributed by atoms with E-state index in [0.29, 0.717) is 24.8 Å². The van der Waals surface area contributed by atoms with Gasteiger partial charge in [0.05, 0.1) is 18.2 Å². The van der Waals surface area contributed by atoms with Crippen LogP contribution in [0.25, 0.3) is 0 Å². The second-order valence-electron chi connectivity index (χ2n) is 7.84. The molecule has 9 nitrogen and oxygen atoms in total. The number of nitrogens with one attached hydrogen (secondary N) is 1. The summed E-state index contributed by atoms with van der Waals surface area (Å²) in [6, 6.07) is 4.01. The fourth-order valence-electron chi connectivity index (χ4n) is 4.34. The molecule has 0 radical (unpaired) electrons. The Morgan fingerprint density at radius 3 is 2.78 bits per heavy atom. The van der Waals surface area contributed by atoms with E-state index >= 15 is 0 Å². The first-order valence-electron chi connectivity index (χ1n) is 10.4. The molecule has 0 saturated carbocycles. The number of thiophene rings is 1. The number of carbonyl (C=O) groups excluding carboxylic acids is 3. The molecule has 2 fully saturated rings. The van der Waals surface area contributed by atoms with E-state index in [1.165, 1.54) is 28.5 Å². The maximum atomic E-state index is 13.3. The maximum absolute atomic E-state index is 13.3. The molecule has 2 aromatic rings. The van der Waals surface area contributed by atoms with Crippen LogP contribution < -0.4 is 5.32 Å². The van der Waals surface area contributed by atoms with E-state index in [1.54, 1.807) is 29.0 Å². The van der Waals surface area contributed by atoms with Crippen LogP contribution in [0.5, 0.6) is 0 Å². The molecule has 2 aliphatic heterocycles. The molecule has 170 valence electrons. The lowest BCUT2D eigenvalue weighted by atomic mass is 10.1. The molecule has 0 aliphatic carbocycles. The van der Waals surface area contributed by atoms with Gasteiger partial charge in [-0.2, -0.15) is 15.6 Å². The molecule has 0 bridgehead atoms. The molecular weight excluding hydrogens is 452 g/mol. The lowest BCUT2D eigenvalue weighted by Gasteiger charge is -2.28. The van der Waals surface area contributed by atoms with Gasteiger partial charge < -0.3 is 10.2 Å². The number of rotatable bonds is 7. The molecule has 2 aliphatic rings. The monoisotopic (exact) mass is 476 g/mol. The summed E-state index contributed by atoms with van der Waals surface area (Å²) in [6.45, 7) is 1.87. The van der Waals surface area contributed by atoms with Crippen molar-refractivity contribution in [3.05, 3.63) is 46.8 Å². The van der Waals surface area contributed by atoms with Crippen molar-refractivity contribution in [1.29, 1.82) is 0 Å².